The van der Waals surface area contributed by atoms with Crippen LogP contribution in [0.2, 0.25) is 0 Å². The van der Waals surface area contributed by atoms with Crippen molar-refractivity contribution in [2.24, 2.45) is 0 Å². The normalized spacial score (nSPS) is 26.2. The predicted molar refractivity (Wildman–Crippen MR) is 87.1 cm³/mol. The number of urea groups is 1. The zero-order chi connectivity index (χ0) is 16.1. The van der Waals surface area contributed by atoms with Crippen LogP contribution >= 0.6 is 0 Å². The maximum absolute atomic E-state index is 12.5. The molecule has 128 valence electrons. The van der Waals surface area contributed by atoms with Crippen molar-refractivity contribution in [3.05, 3.63) is 18.2 Å². The van der Waals surface area contributed by atoms with E-state index in [0.29, 0.717) is 13.1 Å². The Balaban J connectivity index is 1.54. The minimum Gasteiger partial charge on any atom is -0.376 e. The van der Waals surface area contributed by atoms with E-state index in [4.69, 9.17) is 4.74 Å². The second kappa shape index (κ2) is 7.79. The van der Waals surface area contributed by atoms with Crippen LogP contribution in [0, 0.1) is 0 Å². The maximum Gasteiger partial charge on any atom is 0.317 e. The van der Waals surface area contributed by atoms with E-state index in [1.807, 2.05) is 11.1 Å². The fourth-order valence-electron chi connectivity index (χ4n) is 3.38. The summed E-state index contributed by atoms with van der Waals surface area (Å²) in [6.07, 6.45) is 7.14. The number of carbonyl (C=O) groups excluding carboxylic acids is 1. The molecule has 0 aromatic carbocycles. The van der Waals surface area contributed by atoms with Gasteiger partial charge in [-0.1, -0.05) is 6.92 Å². The first kappa shape index (κ1) is 16.3. The number of aromatic nitrogens is 2. The monoisotopic (exact) mass is 321 g/mol. The third kappa shape index (κ3) is 4.03. The summed E-state index contributed by atoms with van der Waals surface area (Å²) in [5.41, 5.74) is 0. The van der Waals surface area contributed by atoms with E-state index in [2.05, 4.69) is 27.1 Å². The van der Waals surface area contributed by atoms with Gasteiger partial charge in [-0.05, 0) is 25.8 Å². The minimum atomic E-state index is 0.00600. The van der Waals surface area contributed by atoms with Gasteiger partial charge < -0.3 is 19.9 Å². The summed E-state index contributed by atoms with van der Waals surface area (Å²) < 4.78 is 5.67. The Morgan fingerprint density at radius 2 is 2.39 bits per heavy atom. The highest BCUT2D eigenvalue weighted by Crippen LogP contribution is 2.22. The van der Waals surface area contributed by atoms with Crippen LogP contribution < -0.4 is 5.32 Å². The fraction of sp³-hybridized carbons (Fsp3) is 0.750. The number of rotatable bonds is 4. The van der Waals surface area contributed by atoms with Gasteiger partial charge in [-0.25, -0.2) is 9.78 Å². The second-order valence-corrected chi connectivity index (χ2v) is 6.24. The van der Waals surface area contributed by atoms with Crippen molar-refractivity contribution in [2.75, 3.05) is 39.3 Å². The standard InChI is InChI=1S/C16H27N5O2/c1-2-20-8-9-21(12-14(20)15-17-6-7-18-15)16(22)19-11-13-5-3-4-10-23-13/h6-7,13-14H,2-5,8-12H2,1H3,(H,17,18)(H,19,22)/t13-,14+/m1/s1. The summed E-state index contributed by atoms with van der Waals surface area (Å²) in [4.78, 5) is 24.3. The highest BCUT2D eigenvalue weighted by atomic mass is 16.5. The molecule has 2 aliphatic rings. The van der Waals surface area contributed by atoms with Gasteiger partial charge in [0.05, 0.1) is 12.1 Å². The van der Waals surface area contributed by atoms with Crippen LogP contribution in [0.15, 0.2) is 12.4 Å². The first-order chi connectivity index (χ1) is 11.3. The Hall–Kier alpha value is -1.60. The summed E-state index contributed by atoms with van der Waals surface area (Å²) in [5.74, 6) is 0.931. The second-order valence-electron chi connectivity index (χ2n) is 6.24. The SMILES string of the molecule is CCN1CCN(C(=O)NC[C@H]2CCCCO2)C[C@H]1c1ncc[nH]1. The van der Waals surface area contributed by atoms with Crippen LogP contribution in [0.3, 0.4) is 0 Å². The third-order valence-electron chi connectivity index (χ3n) is 4.77. The van der Waals surface area contributed by atoms with Crippen LogP contribution in [-0.4, -0.2) is 71.2 Å². The Labute approximate surface area is 137 Å². The molecule has 0 unspecified atom stereocenters. The van der Waals surface area contributed by atoms with Gasteiger partial charge in [0.2, 0.25) is 0 Å². The van der Waals surface area contributed by atoms with Gasteiger partial charge in [0.1, 0.15) is 5.82 Å². The molecule has 7 heteroatoms. The number of ether oxygens (including phenoxy) is 1. The number of likely N-dealkylation sites (N-methyl/N-ethyl adjacent to an activating group) is 1. The molecule has 1 aromatic rings. The highest BCUT2D eigenvalue weighted by molar-refractivity contribution is 5.74. The van der Waals surface area contributed by atoms with Gasteiger partial charge in [0, 0.05) is 45.2 Å². The number of nitrogens with zero attached hydrogens (tertiary/aromatic N) is 3. The Morgan fingerprint density at radius 3 is 3.09 bits per heavy atom. The van der Waals surface area contributed by atoms with Crippen LogP contribution in [0.4, 0.5) is 4.79 Å². The van der Waals surface area contributed by atoms with Gasteiger partial charge in [0.15, 0.2) is 0 Å². The average Bonchev–Trinajstić information content (AvgIpc) is 3.14. The molecular weight excluding hydrogens is 294 g/mol. The molecule has 0 radical (unpaired) electrons. The molecule has 0 aliphatic carbocycles. The van der Waals surface area contributed by atoms with Crippen molar-refractivity contribution in [3.63, 3.8) is 0 Å². The highest BCUT2D eigenvalue weighted by Gasteiger charge is 2.31. The molecule has 3 heterocycles. The topological polar surface area (TPSA) is 73.5 Å². The predicted octanol–water partition coefficient (Wildman–Crippen LogP) is 1.37. The van der Waals surface area contributed by atoms with Crippen molar-refractivity contribution < 1.29 is 9.53 Å². The molecule has 3 rings (SSSR count). The lowest BCUT2D eigenvalue weighted by molar-refractivity contribution is 0.0168. The molecule has 2 N–H and O–H groups in total. The number of carbonyl (C=O) groups is 1. The third-order valence-corrected chi connectivity index (χ3v) is 4.77. The van der Waals surface area contributed by atoms with Crippen LogP contribution in [0.1, 0.15) is 38.1 Å². The molecule has 2 saturated heterocycles. The number of hydrogen-bond acceptors (Lipinski definition) is 4. The van der Waals surface area contributed by atoms with E-state index >= 15 is 0 Å². The molecule has 0 bridgehead atoms. The van der Waals surface area contributed by atoms with Gasteiger partial charge in [-0.2, -0.15) is 0 Å². The number of piperazine rings is 1. The molecule has 7 nitrogen and oxygen atoms in total. The molecule has 1 aromatic heterocycles. The van der Waals surface area contributed by atoms with E-state index in [0.717, 1.165) is 44.9 Å². The lowest BCUT2D eigenvalue weighted by Crippen LogP contribution is -2.54. The van der Waals surface area contributed by atoms with Crippen LogP contribution in [0.5, 0.6) is 0 Å². The van der Waals surface area contributed by atoms with Gasteiger partial charge in [-0.3, -0.25) is 4.90 Å². The summed E-state index contributed by atoms with van der Waals surface area (Å²) in [6, 6.07) is 0.145. The number of nitrogens with one attached hydrogen (secondary N) is 2. The lowest BCUT2D eigenvalue weighted by atomic mass is 10.1. The number of hydrogen-bond donors (Lipinski definition) is 2. The average molecular weight is 321 g/mol. The zero-order valence-electron chi connectivity index (χ0n) is 13.8. The molecule has 0 spiro atoms. The molecule has 2 fully saturated rings. The van der Waals surface area contributed by atoms with E-state index in [1.165, 1.54) is 6.42 Å². The van der Waals surface area contributed by atoms with Gasteiger partial charge >= 0.3 is 6.03 Å². The quantitative estimate of drug-likeness (QED) is 0.878. The Kier molecular flexibility index (Phi) is 5.51. The Morgan fingerprint density at radius 1 is 1.48 bits per heavy atom. The van der Waals surface area contributed by atoms with Crippen molar-refractivity contribution >= 4 is 6.03 Å². The number of imidazole rings is 1. The van der Waals surface area contributed by atoms with Crippen LogP contribution in [0.25, 0.3) is 0 Å². The fourth-order valence-corrected chi connectivity index (χ4v) is 3.38. The molecule has 23 heavy (non-hydrogen) atoms. The minimum absolute atomic E-state index is 0.00600. The first-order valence-corrected chi connectivity index (χ1v) is 8.65. The van der Waals surface area contributed by atoms with Crippen molar-refractivity contribution in [3.8, 4) is 0 Å². The molecule has 0 saturated carbocycles. The summed E-state index contributed by atoms with van der Waals surface area (Å²) >= 11 is 0. The molecular formula is C16H27N5O2. The molecule has 2 atom stereocenters. The van der Waals surface area contributed by atoms with Gasteiger partial charge in [0.25, 0.3) is 0 Å². The smallest absolute Gasteiger partial charge is 0.317 e. The van der Waals surface area contributed by atoms with E-state index in [9.17, 15) is 4.79 Å². The molecule has 2 amide bonds. The van der Waals surface area contributed by atoms with E-state index in [-0.39, 0.29) is 18.2 Å². The number of H-pyrrole nitrogens is 1. The van der Waals surface area contributed by atoms with Gasteiger partial charge in [-0.15, -0.1) is 0 Å². The lowest BCUT2D eigenvalue weighted by Gasteiger charge is -2.40. The largest absolute Gasteiger partial charge is 0.376 e. The summed E-state index contributed by atoms with van der Waals surface area (Å²) in [5, 5.41) is 3.03. The van der Waals surface area contributed by atoms with Crippen molar-refractivity contribution in [1.29, 1.82) is 0 Å². The summed E-state index contributed by atoms with van der Waals surface area (Å²) in [6.45, 7) is 6.81. The van der Waals surface area contributed by atoms with Crippen LogP contribution in [-0.2, 0) is 4.74 Å². The molecule has 2 aliphatic heterocycles. The van der Waals surface area contributed by atoms with E-state index in [1.54, 1.807) is 6.20 Å². The Bertz CT molecular complexity index is 487. The summed E-state index contributed by atoms with van der Waals surface area (Å²) in [7, 11) is 0. The number of aromatic amines is 1. The maximum atomic E-state index is 12.5. The van der Waals surface area contributed by atoms with Crippen molar-refractivity contribution in [2.45, 2.75) is 38.3 Å². The van der Waals surface area contributed by atoms with Crippen molar-refractivity contribution in [1.82, 2.24) is 25.1 Å². The first-order valence-electron chi connectivity index (χ1n) is 8.65. The number of amides is 2. The zero-order valence-corrected chi connectivity index (χ0v) is 13.8. The van der Waals surface area contributed by atoms with E-state index < -0.39 is 0 Å².